The van der Waals surface area contributed by atoms with Crippen molar-refractivity contribution in [3.63, 3.8) is 0 Å². The molecule has 1 N–H and O–H groups in total. The van der Waals surface area contributed by atoms with Gasteiger partial charge in [-0.15, -0.1) is 0 Å². The Morgan fingerprint density at radius 1 is 1.23 bits per heavy atom. The largest absolute Gasteiger partial charge is 0.483 e. The quantitative estimate of drug-likeness (QED) is 0.443. The van der Waals surface area contributed by atoms with Gasteiger partial charge in [0.05, 0.1) is 35.7 Å². The molecule has 10 nitrogen and oxygen atoms in total. The summed E-state index contributed by atoms with van der Waals surface area (Å²) in [7, 11) is -3.84. The monoisotopic (exact) mass is 583 g/mol. The molecule has 12 heteroatoms. The van der Waals surface area contributed by atoms with Crippen LogP contribution < -0.4 is 9.62 Å². The van der Waals surface area contributed by atoms with Crippen LogP contribution in [0.4, 0.5) is 5.82 Å². The van der Waals surface area contributed by atoms with Gasteiger partial charge in [0.2, 0.25) is 21.8 Å². The van der Waals surface area contributed by atoms with E-state index in [-0.39, 0.29) is 23.3 Å². The fourth-order valence-electron chi connectivity index (χ4n) is 4.95. The van der Waals surface area contributed by atoms with Crippen LogP contribution in [-0.4, -0.2) is 61.4 Å². The van der Waals surface area contributed by atoms with Crippen molar-refractivity contribution in [1.82, 2.24) is 14.6 Å². The number of pyridine rings is 1. The summed E-state index contributed by atoms with van der Waals surface area (Å²) in [5.74, 6) is -0.777. The van der Waals surface area contributed by atoms with Crippen molar-refractivity contribution >= 4 is 44.9 Å². The maximum Gasteiger partial charge on any atom is 0.239 e. The van der Waals surface area contributed by atoms with Crippen molar-refractivity contribution in [1.29, 1.82) is 5.26 Å². The van der Waals surface area contributed by atoms with E-state index in [2.05, 4.69) is 10.8 Å². The van der Waals surface area contributed by atoms with Gasteiger partial charge in [0.25, 0.3) is 0 Å². The highest BCUT2D eigenvalue weighted by Crippen LogP contribution is 2.28. The van der Waals surface area contributed by atoms with E-state index in [9.17, 15) is 23.3 Å². The number of aromatic nitrogens is 1. The second-order valence-electron chi connectivity index (χ2n) is 10.1. The minimum Gasteiger partial charge on any atom is -0.483 e. The van der Waals surface area contributed by atoms with Crippen LogP contribution in [0.2, 0.25) is 0 Å². The normalized spacial score (nSPS) is 16.1. The lowest BCUT2D eigenvalue weighted by Crippen LogP contribution is -2.43. The van der Waals surface area contributed by atoms with Crippen molar-refractivity contribution in [2.75, 3.05) is 31.1 Å². The SMILES string of the molecule is CCOC(=S)c1cc(C#N)c(N2CCC(C(=O)NS(=O)(=O)Cc3ccc(C)cc3)CC2)nc1CN1CCCC1=O. The lowest BCUT2D eigenvalue weighted by Gasteiger charge is -2.33. The Bertz CT molecular complexity index is 1430. The van der Waals surface area contributed by atoms with Gasteiger partial charge in [-0.05, 0) is 57.0 Å². The Hall–Kier alpha value is -3.56. The van der Waals surface area contributed by atoms with Crippen LogP contribution in [0.1, 0.15) is 60.6 Å². The third-order valence-electron chi connectivity index (χ3n) is 7.11. The number of thiocarbonyl (C=S) groups is 1. The number of carbonyl (C=O) groups is 2. The maximum atomic E-state index is 12.8. The number of hydrogen-bond donors (Lipinski definition) is 1. The number of nitrogens with one attached hydrogen (secondary N) is 1. The molecular formula is C28H33N5O5S2. The van der Waals surface area contributed by atoms with Crippen LogP contribution in [0.3, 0.4) is 0 Å². The number of carbonyl (C=O) groups excluding carboxylic acids is 2. The number of benzene rings is 1. The summed E-state index contributed by atoms with van der Waals surface area (Å²) in [6, 6.07) is 11.0. The maximum absolute atomic E-state index is 12.8. The van der Waals surface area contributed by atoms with Crippen molar-refractivity contribution < 1.29 is 22.7 Å². The number of sulfonamides is 1. The summed E-state index contributed by atoms with van der Waals surface area (Å²) in [5, 5.41) is 10.1. The molecule has 2 aliphatic heterocycles. The molecule has 0 bridgehead atoms. The first-order valence-electron chi connectivity index (χ1n) is 13.3. The number of amides is 2. The summed E-state index contributed by atoms with van der Waals surface area (Å²) >= 11 is 5.44. The zero-order valence-electron chi connectivity index (χ0n) is 22.7. The molecule has 2 aliphatic rings. The number of anilines is 1. The van der Waals surface area contributed by atoms with Gasteiger partial charge >= 0.3 is 0 Å². The molecule has 0 aliphatic carbocycles. The van der Waals surface area contributed by atoms with Gasteiger partial charge in [-0.1, -0.05) is 29.8 Å². The summed E-state index contributed by atoms with van der Waals surface area (Å²) < 4.78 is 33.0. The molecule has 1 aromatic heterocycles. The Labute approximate surface area is 240 Å². The lowest BCUT2D eigenvalue weighted by molar-refractivity contribution is -0.128. The molecular weight excluding hydrogens is 550 g/mol. The fourth-order valence-corrected chi connectivity index (χ4v) is 6.42. The number of rotatable bonds is 9. The van der Waals surface area contributed by atoms with Crippen molar-refractivity contribution in [2.24, 2.45) is 5.92 Å². The van der Waals surface area contributed by atoms with Gasteiger partial charge in [0, 0.05) is 32.0 Å². The zero-order chi connectivity index (χ0) is 28.9. The van der Waals surface area contributed by atoms with Gasteiger partial charge in [0.1, 0.15) is 11.9 Å². The molecule has 0 radical (unpaired) electrons. The van der Waals surface area contributed by atoms with Gasteiger partial charge in [0.15, 0.2) is 5.05 Å². The molecule has 0 spiro atoms. The number of aryl methyl sites for hydroxylation is 1. The van der Waals surface area contributed by atoms with E-state index in [0.717, 1.165) is 12.0 Å². The standard InChI is InChI=1S/C28H33N5O5S2/c1-3-38-28(39)23-15-22(16-29)26(30-24(23)17-33-12-4-5-25(33)34)32-13-10-21(11-14-32)27(35)31-40(36,37)18-20-8-6-19(2)7-9-20/h6-9,15,21H,3-5,10-14,17-18H2,1-2H3,(H,31,35). The van der Waals surface area contributed by atoms with Crippen LogP contribution in [0.15, 0.2) is 30.3 Å². The first-order valence-corrected chi connectivity index (χ1v) is 15.4. The highest BCUT2D eigenvalue weighted by molar-refractivity contribution is 7.89. The smallest absolute Gasteiger partial charge is 0.239 e. The molecule has 1 aromatic carbocycles. The minimum atomic E-state index is -3.84. The van der Waals surface area contributed by atoms with Crippen molar-refractivity contribution in [3.05, 3.63) is 58.3 Å². The molecule has 2 saturated heterocycles. The molecule has 3 heterocycles. The molecule has 2 amide bonds. The lowest BCUT2D eigenvalue weighted by atomic mass is 9.96. The third-order valence-corrected chi connectivity index (χ3v) is 8.67. The molecule has 0 unspecified atom stereocenters. The highest BCUT2D eigenvalue weighted by Gasteiger charge is 2.31. The number of likely N-dealkylation sites (tertiary alicyclic amines) is 1. The van der Waals surface area contributed by atoms with Crippen LogP contribution in [-0.2, 0) is 36.6 Å². The summed E-state index contributed by atoms with van der Waals surface area (Å²) in [6.07, 6.45) is 2.07. The van der Waals surface area contributed by atoms with Crippen molar-refractivity contribution in [2.45, 2.75) is 51.8 Å². The van der Waals surface area contributed by atoms with Crippen LogP contribution in [0.25, 0.3) is 0 Å². The zero-order valence-corrected chi connectivity index (χ0v) is 24.3. The second-order valence-corrected chi connectivity index (χ2v) is 12.2. The molecule has 0 atom stereocenters. The Balaban J connectivity index is 1.47. The van der Waals surface area contributed by atoms with E-state index in [1.165, 1.54) is 0 Å². The van der Waals surface area contributed by atoms with Gasteiger partial charge in [-0.2, -0.15) is 5.26 Å². The molecule has 0 saturated carbocycles. The van der Waals surface area contributed by atoms with E-state index < -0.39 is 21.8 Å². The summed E-state index contributed by atoms with van der Waals surface area (Å²) in [5.41, 5.74) is 3.02. The van der Waals surface area contributed by atoms with Gasteiger partial charge in [-0.25, -0.2) is 13.4 Å². The first kappa shape index (κ1) is 29.4. The van der Waals surface area contributed by atoms with Gasteiger partial charge < -0.3 is 14.5 Å². The Morgan fingerprint density at radius 3 is 2.52 bits per heavy atom. The Morgan fingerprint density at radius 2 is 1.93 bits per heavy atom. The Kier molecular flexibility index (Phi) is 9.37. The number of nitrogens with zero attached hydrogens (tertiary/aromatic N) is 4. The number of piperidine rings is 1. The predicted octanol–water partition coefficient (Wildman–Crippen LogP) is 2.96. The number of nitriles is 1. The molecule has 2 fully saturated rings. The second kappa shape index (κ2) is 12.7. The minimum absolute atomic E-state index is 0.0464. The van der Waals surface area contributed by atoms with E-state index in [1.807, 2.05) is 30.9 Å². The third kappa shape index (κ3) is 7.14. The van der Waals surface area contributed by atoms with E-state index >= 15 is 0 Å². The molecule has 40 heavy (non-hydrogen) atoms. The van der Waals surface area contributed by atoms with Crippen LogP contribution >= 0.6 is 12.2 Å². The molecule has 212 valence electrons. The van der Waals surface area contributed by atoms with E-state index in [4.69, 9.17) is 21.9 Å². The number of hydrogen-bond acceptors (Lipinski definition) is 9. The van der Waals surface area contributed by atoms with Crippen molar-refractivity contribution in [3.8, 4) is 6.07 Å². The highest BCUT2D eigenvalue weighted by atomic mass is 32.2. The first-order chi connectivity index (χ1) is 19.1. The predicted molar refractivity (Wildman–Crippen MR) is 154 cm³/mol. The molecule has 4 rings (SSSR count). The fraction of sp³-hybridized carbons (Fsp3) is 0.464. The summed E-state index contributed by atoms with van der Waals surface area (Å²) in [4.78, 5) is 33.6. The average molecular weight is 584 g/mol. The van der Waals surface area contributed by atoms with E-state index in [1.54, 1.807) is 23.1 Å². The van der Waals surface area contributed by atoms with Crippen LogP contribution in [0.5, 0.6) is 0 Å². The molecule has 2 aromatic rings. The average Bonchev–Trinajstić information content (AvgIpc) is 3.33. The summed E-state index contributed by atoms with van der Waals surface area (Å²) in [6.45, 7) is 5.81. The van der Waals surface area contributed by atoms with Gasteiger partial charge in [-0.3, -0.25) is 14.3 Å². The topological polar surface area (TPSA) is 133 Å². The van der Waals surface area contributed by atoms with E-state index in [0.29, 0.717) is 73.7 Å². The van der Waals surface area contributed by atoms with Crippen LogP contribution in [0, 0.1) is 24.2 Å². The number of ether oxygens (including phenoxy) is 1.